The van der Waals surface area contributed by atoms with Crippen LogP contribution in [0.3, 0.4) is 0 Å². The molecule has 0 aromatic heterocycles. The van der Waals surface area contributed by atoms with Crippen LogP contribution in [0.1, 0.15) is 41.0 Å². The first kappa shape index (κ1) is 15.7. The highest BCUT2D eigenvalue weighted by molar-refractivity contribution is 7.65. The summed E-state index contributed by atoms with van der Waals surface area (Å²) in [5.74, 6) is -0.382. The standard InChI is InChI=1S/C12H25O3P/c1-11(2,3)9-12(4,5)16(7,14)8-10(13)15-6/h8-9H2,1-7H3. The van der Waals surface area contributed by atoms with E-state index in [2.05, 4.69) is 25.5 Å². The molecule has 0 amide bonds. The van der Waals surface area contributed by atoms with Gasteiger partial charge in [0, 0.05) is 5.16 Å². The Morgan fingerprint density at radius 2 is 1.62 bits per heavy atom. The largest absolute Gasteiger partial charge is 0.469 e. The monoisotopic (exact) mass is 248 g/mol. The van der Waals surface area contributed by atoms with Gasteiger partial charge < -0.3 is 9.30 Å². The van der Waals surface area contributed by atoms with Crippen LogP contribution >= 0.6 is 7.14 Å². The molecule has 0 aliphatic heterocycles. The lowest BCUT2D eigenvalue weighted by Gasteiger charge is -2.37. The van der Waals surface area contributed by atoms with E-state index in [1.165, 1.54) is 7.11 Å². The summed E-state index contributed by atoms with van der Waals surface area (Å²) in [6.07, 6.45) is 0.858. The normalized spacial score (nSPS) is 16.7. The Balaban J connectivity index is 4.85. The zero-order valence-electron chi connectivity index (χ0n) is 11.6. The molecule has 0 N–H and O–H groups in total. The van der Waals surface area contributed by atoms with Crippen molar-refractivity contribution in [1.29, 1.82) is 0 Å². The summed E-state index contributed by atoms with van der Waals surface area (Å²) in [6.45, 7) is 12.0. The van der Waals surface area contributed by atoms with E-state index in [0.717, 1.165) is 6.42 Å². The van der Waals surface area contributed by atoms with E-state index in [9.17, 15) is 9.36 Å². The van der Waals surface area contributed by atoms with Crippen molar-refractivity contribution in [2.24, 2.45) is 5.41 Å². The molecule has 0 fully saturated rings. The molecule has 0 aliphatic rings. The molecule has 4 heteroatoms. The van der Waals surface area contributed by atoms with Gasteiger partial charge in [-0.1, -0.05) is 34.6 Å². The zero-order chi connectivity index (χ0) is 13.2. The molecule has 0 spiro atoms. The summed E-state index contributed by atoms with van der Waals surface area (Å²) in [5, 5.41) is -0.334. The Kier molecular flexibility index (Phi) is 4.82. The Morgan fingerprint density at radius 1 is 1.19 bits per heavy atom. The molecular weight excluding hydrogens is 223 g/mol. The fourth-order valence-electron chi connectivity index (χ4n) is 1.99. The highest BCUT2D eigenvalue weighted by atomic mass is 31.2. The molecule has 0 saturated heterocycles. The number of esters is 1. The number of carbonyl (C=O) groups is 1. The van der Waals surface area contributed by atoms with Crippen LogP contribution in [0.4, 0.5) is 0 Å². The Morgan fingerprint density at radius 3 is 1.94 bits per heavy atom. The lowest BCUT2D eigenvalue weighted by atomic mass is 9.86. The van der Waals surface area contributed by atoms with Crippen LogP contribution in [-0.2, 0) is 14.1 Å². The van der Waals surface area contributed by atoms with E-state index in [1.807, 2.05) is 13.8 Å². The first-order valence-corrected chi connectivity index (χ1v) is 7.89. The Hall–Kier alpha value is -0.300. The maximum absolute atomic E-state index is 12.6. The quantitative estimate of drug-likeness (QED) is 0.566. The third-order valence-electron chi connectivity index (χ3n) is 2.90. The van der Waals surface area contributed by atoms with Crippen LogP contribution in [0.2, 0.25) is 0 Å². The summed E-state index contributed by atoms with van der Waals surface area (Å²) in [4.78, 5) is 11.2. The zero-order valence-corrected chi connectivity index (χ0v) is 12.5. The van der Waals surface area contributed by atoms with Gasteiger partial charge in [-0.25, -0.2) is 0 Å². The van der Waals surface area contributed by atoms with Gasteiger partial charge in [-0.15, -0.1) is 0 Å². The van der Waals surface area contributed by atoms with Gasteiger partial charge in [0.05, 0.1) is 13.3 Å². The van der Waals surface area contributed by atoms with Crippen LogP contribution in [-0.4, -0.2) is 31.1 Å². The van der Waals surface area contributed by atoms with Crippen LogP contribution in [0.15, 0.2) is 0 Å². The first-order valence-electron chi connectivity index (χ1n) is 5.55. The molecule has 0 aliphatic carbocycles. The molecule has 0 aromatic rings. The number of hydrogen-bond acceptors (Lipinski definition) is 3. The van der Waals surface area contributed by atoms with E-state index in [1.54, 1.807) is 6.66 Å². The minimum absolute atomic E-state index is 0.0343. The smallest absolute Gasteiger partial charge is 0.312 e. The summed E-state index contributed by atoms with van der Waals surface area (Å²) < 4.78 is 17.2. The lowest BCUT2D eigenvalue weighted by molar-refractivity contribution is -0.137. The van der Waals surface area contributed by atoms with Gasteiger partial charge in [0.25, 0.3) is 0 Å². The Labute approximate surface area is 99.3 Å². The van der Waals surface area contributed by atoms with Crippen LogP contribution in [0.25, 0.3) is 0 Å². The SMILES string of the molecule is COC(=O)CP(C)(=O)C(C)(C)CC(C)(C)C. The molecule has 0 aromatic carbocycles. The van der Waals surface area contributed by atoms with Gasteiger partial charge in [0.2, 0.25) is 0 Å². The van der Waals surface area contributed by atoms with Crippen molar-refractivity contribution >= 4 is 13.1 Å². The van der Waals surface area contributed by atoms with Gasteiger partial charge in [-0.05, 0) is 18.5 Å². The lowest BCUT2D eigenvalue weighted by Crippen LogP contribution is -2.29. The van der Waals surface area contributed by atoms with E-state index in [4.69, 9.17) is 0 Å². The maximum Gasteiger partial charge on any atom is 0.312 e. The third kappa shape index (κ3) is 4.69. The van der Waals surface area contributed by atoms with Crippen molar-refractivity contribution in [1.82, 2.24) is 0 Å². The second-order valence-electron chi connectivity index (χ2n) is 6.39. The van der Waals surface area contributed by atoms with Crippen molar-refractivity contribution in [3.63, 3.8) is 0 Å². The van der Waals surface area contributed by atoms with Crippen molar-refractivity contribution < 1.29 is 14.1 Å². The van der Waals surface area contributed by atoms with Crippen molar-refractivity contribution in [2.75, 3.05) is 19.9 Å². The van der Waals surface area contributed by atoms with E-state index < -0.39 is 7.14 Å². The predicted molar refractivity (Wildman–Crippen MR) is 68.6 cm³/mol. The molecule has 1 atom stereocenters. The minimum Gasteiger partial charge on any atom is -0.469 e. The number of hydrogen-bond donors (Lipinski definition) is 0. The molecule has 0 heterocycles. The van der Waals surface area contributed by atoms with Gasteiger partial charge >= 0.3 is 5.97 Å². The van der Waals surface area contributed by atoms with Crippen LogP contribution < -0.4 is 0 Å². The second kappa shape index (κ2) is 4.91. The molecule has 3 nitrogen and oxygen atoms in total. The number of rotatable bonds is 4. The van der Waals surface area contributed by atoms with E-state index in [-0.39, 0.29) is 22.7 Å². The summed E-state index contributed by atoms with van der Waals surface area (Å²) in [7, 11) is -1.21. The summed E-state index contributed by atoms with van der Waals surface area (Å²) in [6, 6.07) is 0. The topological polar surface area (TPSA) is 43.4 Å². The molecule has 0 saturated carbocycles. The Bertz CT molecular complexity index is 300. The number of ether oxygens (including phenoxy) is 1. The van der Waals surface area contributed by atoms with Crippen LogP contribution in [0, 0.1) is 5.41 Å². The first-order chi connectivity index (χ1) is 6.91. The number of methoxy groups -OCH3 is 1. The van der Waals surface area contributed by atoms with Gasteiger partial charge in [0.15, 0.2) is 0 Å². The molecule has 0 rings (SSSR count). The summed E-state index contributed by atoms with van der Waals surface area (Å²) in [5.41, 5.74) is 0.102. The predicted octanol–water partition coefficient (Wildman–Crippen LogP) is 3.37. The van der Waals surface area contributed by atoms with Crippen molar-refractivity contribution in [2.45, 2.75) is 46.2 Å². The summed E-state index contributed by atoms with van der Waals surface area (Å²) >= 11 is 0. The van der Waals surface area contributed by atoms with Gasteiger partial charge in [-0.3, -0.25) is 4.79 Å². The highest BCUT2D eigenvalue weighted by Gasteiger charge is 2.40. The molecule has 0 bridgehead atoms. The molecule has 0 radical (unpaired) electrons. The fraction of sp³-hybridized carbons (Fsp3) is 0.917. The van der Waals surface area contributed by atoms with E-state index in [0.29, 0.717) is 0 Å². The van der Waals surface area contributed by atoms with E-state index >= 15 is 0 Å². The average Bonchev–Trinajstić information content (AvgIpc) is 1.98. The molecule has 16 heavy (non-hydrogen) atoms. The molecule has 96 valence electrons. The molecule has 1 unspecified atom stereocenters. The van der Waals surface area contributed by atoms with Gasteiger partial charge in [0.1, 0.15) is 7.14 Å². The third-order valence-corrected chi connectivity index (χ3v) is 6.48. The average molecular weight is 248 g/mol. The minimum atomic E-state index is -2.54. The fourth-order valence-corrected chi connectivity index (χ4v) is 3.85. The van der Waals surface area contributed by atoms with Crippen molar-refractivity contribution in [3.05, 3.63) is 0 Å². The van der Waals surface area contributed by atoms with Crippen LogP contribution in [0.5, 0.6) is 0 Å². The highest BCUT2D eigenvalue weighted by Crippen LogP contribution is 2.58. The molecular formula is C12H25O3P. The second-order valence-corrected chi connectivity index (χ2v) is 10.1. The van der Waals surface area contributed by atoms with Crippen molar-refractivity contribution in [3.8, 4) is 0 Å². The maximum atomic E-state index is 12.6. The number of carbonyl (C=O) groups excluding carboxylic acids is 1. The van der Waals surface area contributed by atoms with Gasteiger partial charge in [-0.2, -0.15) is 0 Å².